The number of hydrogen-bond acceptors (Lipinski definition) is 3. The van der Waals surface area contributed by atoms with Crippen LogP contribution in [-0.4, -0.2) is 4.98 Å². The summed E-state index contributed by atoms with van der Waals surface area (Å²) in [5.74, 6) is 0. The third kappa shape index (κ3) is 3.04. The summed E-state index contributed by atoms with van der Waals surface area (Å²) in [6, 6.07) is 8.39. The van der Waals surface area contributed by atoms with Crippen LogP contribution in [0.15, 0.2) is 24.3 Å². The molecule has 0 bridgehead atoms. The topological polar surface area (TPSA) is 38.9 Å². The Morgan fingerprint density at radius 2 is 1.95 bits per heavy atom. The van der Waals surface area contributed by atoms with Crippen molar-refractivity contribution in [2.75, 3.05) is 0 Å². The van der Waals surface area contributed by atoms with E-state index in [0.717, 1.165) is 17.8 Å². The zero-order valence-electron chi connectivity index (χ0n) is 12.2. The standard InChI is InChI=1S/C16H22N2S/c1-5-8-13-14(16(3,4)17)19-15(18-13)12-10-7-6-9-11(12)2/h6-7,9-10H,5,8,17H2,1-4H3. The molecule has 0 radical (unpaired) electrons. The van der Waals surface area contributed by atoms with Gasteiger partial charge >= 0.3 is 0 Å². The minimum atomic E-state index is -0.316. The summed E-state index contributed by atoms with van der Waals surface area (Å²) in [6.45, 7) is 8.42. The van der Waals surface area contributed by atoms with E-state index in [-0.39, 0.29) is 5.54 Å². The van der Waals surface area contributed by atoms with Gasteiger partial charge in [0.1, 0.15) is 5.01 Å². The van der Waals surface area contributed by atoms with Gasteiger partial charge in [0, 0.05) is 16.0 Å². The van der Waals surface area contributed by atoms with Crippen molar-refractivity contribution < 1.29 is 0 Å². The number of aromatic nitrogens is 1. The van der Waals surface area contributed by atoms with Gasteiger partial charge in [-0.05, 0) is 32.8 Å². The number of benzene rings is 1. The van der Waals surface area contributed by atoms with Crippen LogP contribution in [0.3, 0.4) is 0 Å². The van der Waals surface area contributed by atoms with Crippen molar-refractivity contribution in [3.05, 3.63) is 40.4 Å². The lowest BCUT2D eigenvalue weighted by molar-refractivity contribution is 0.557. The molecule has 3 heteroatoms. The molecule has 0 unspecified atom stereocenters. The normalized spacial score (nSPS) is 11.8. The Morgan fingerprint density at radius 1 is 1.26 bits per heavy atom. The minimum Gasteiger partial charge on any atom is -0.321 e. The van der Waals surface area contributed by atoms with E-state index in [1.165, 1.54) is 21.7 Å². The van der Waals surface area contributed by atoms with E-state index in [0.29, 0.717) is 0 Å². The van der Waals surface area contributed by atoms with E-state index in [9.17, 15) is 0 Å². The van der Waals surface area contributed by atoms with E-state index in [2.05, 4.69) is 52.0 Å². The average Bonchev–Trinajstić information content (AvgIpc) is 2.74. The van der Waals surface area contributed by atoms with Gasteiger partial charge in [-0.2, -0.15) is 0 Å². The molecule has 2 nitrogen and oxygen atoms in total. The van der Waals surface area contributed by atoms with Crippen LogP contribution < -0.4 is 5.73 Å². The summed E-state index contributed by atoms with van der Waals surface area (Å²) >= 11 is 1.74. The third-order valence-corrected chi connectivity index (χ3v) is 4.62. The van der Waals surface area contributed by atoms with Gasteiger partial charge in [0.2, 0.25) is 0 Å². The first-order valence-corrected chi connectivity index (χ1v) is 7.60. The number of nitrogens with zero attached hydrogens (tertiary/aromatic N) is 1. The van der Waals surface area contributed by atoms with Crippen molar-refractivity contribution in [2.24, 2.45) is 5.73 Å². The molecule has 0 saturated carbocycles. The summed E-state index contributed by atoms with van der Waals surface area (Å²) in [7, 11) is 0. The second-order valence-electron chi connectivity index (χ2n) is 5.58. The summed E-state index contributed by atoms with van der Waals surface area (Å²) in [4.78, 5) is 6.05. The molecule has 1 aromatic carbocycles. The summed E-state index contributed by atoms with van der Waals surface area (Å²) in [5.41, 5.74) is 9.62. The predicted molar refractivity (Wildman–Crippen MR) is 83.5 cm³/mol. The van der Waals surface area contributed by atoms with E-state index >= 15 is 0 Å². The fourth-order valence-corrected chi connectivity index (χ4v) is 3.41. The molecule has 102 valence electrons. The number of hydrogen-bond donors (Lipinski definition) is 1. The number of thiazole rings is 1. The van der Waals surface area contributed by atoms with Gasteiger partial charge in [0.15, 0.2) is 0 Å². The first-order valence-electron chi connectivity index (χ1n) is 6.78. The quantitative estimate of drug-likeness (QED) is 0.904. The molecule has 1 heterocycles. The van der Waals surface area contributed by atoms with Gasteiger partial charge in [0.05, 0.1) is 5.69 Å². The van der Waals surface area contributed by atoms with Crippen molar-refractivity contribution in [2.45, 2.75) is 46.1 Å². The van der Waals surface area contributed by atoms with Crippen LogP contribution >= 0.6 is 11.3 Å². The molecule has 0 amide bonds. The van der Waals surface area contributed by atoms with Crippen molar-refractivity contribution in [1.82, 2.24) is 4.98 Å². The number of rotatable bonds is 4. The van der Waals surface area contributed by atoms with Gasteiger partial charge in [-0.1, -0.05) is 37.6 Å². The molecule has 0 aliphatic rings. The smallest absolute Gasteiger partial charge is 0.124 e. The molecule has 2 rings (SSSR count). The van der Waals surface area contributed by atoms with E-state index in [4.69, 9.17) is 10.7 Å². The predicted octanol–water partition coefficient (Wildman–Crippen LogP) is 4.26. The van der Waals surface area contributed by atoms with Gasteiger partial charge in [-0.3, -0.25) is 0 Å². The van der Waals surface area contributed by atoms with E-state index < -0.39 is 0 Å². The van der Waals surface area contributed by atoms with Crippen LogP contribution in [0.2, 0.25) is 0 Å². The second kappa shape index (κ2) is 5.43. The highest BCUT2D eigenvalue weighted by molar-refractivity contribution is 7.15. The fourth-order valence-electron chi connectivity index (χ4n) is 2.19. The highest BCUT2D eigenvalue weighted by atomic mass is 32.1. The fraction of sp³-hybridized carbons (Fsp3) is 0.438. The Kier molecular flexibility index (Phi) is 4.07. The van der Waals surface area contributed by atoms with Crippen molar-refractivity contribution in [3.8, 4) is 10.6 Å². The van der Waals surface area contributed by atoms with Crippen molar-refractivity contribution >= 4 is 11.3 Å². The molecule has 0 saturated heterocycles. The molecule has 0 aliphatic carbocycles. The Morgan fingerprint density at radius 3 is 2.53 bits per heavy atom. The van der Waals surface area contributed by atoms with E-state index in [1.807, 2.05) is 0 Å². The van der Waals surface area contributed by atoms with Crippen molar-refractivity contribution in [3.63, 3.8) is 0 Å². The largest absolute Gasteiger partial charge is 0.321 e. The maximum absolute atomic E-state index is 6.29. The monoisotopic (exact) mass is 274 g/mol. The van der Waals surface area contributed by atoms with Gasteiger partial charge in [-0.15, -0.1) is 11.3 Å². The zero-order valence-corrected chi connectivity index (χ0v) is 13.0. The maximum atomic E-state index is 6.29. The van der Waals surface area contributed by atoms with E-state index in [1.54, 1.807) is 11.3 Å². The SMILES string of the molecule is CCCc1nc(-c2ccccc2C)sc1C(C)(C)N. The molecular weight excluding hydrogens is 252 g/mol. The first-order chi connectivity index (χ1) is 8.93. The lowest BCUT2D eigenvalue weighted by Gasteiger charge is -2.17. The average molecular weight is 274 g/mol. The Hall–Kier alpha value is -1.19. The molecule has 2 N–H and O–H groups in total. The van der Waals surface area contributed by atoms with Crippen LogP contribution in [0.1, 0.15) is 43.3 Å². The minimum absolute atomic E-state index is 0.316. The van der Waals surface area contributed by atoms with Crippen molar-refractivity contribution in [1.29, 1.82) is 0 Å². The van der Waals surface area contributed by atoms with Gasteiger partial charge in [0.25, 0.3) is 0 Å². The van der Waals surface area contributed by atoms with Gasteiger partial charge < -0.3 is 5.73 Å². The Balaban J connectivity index is 2.52. The number of aryl methyl sites for hydroxylation is 2. The lowest BCUT2D eigenvalue weighted by Crippen LogP contribution is -2.28. The molecule has 0 aliphatic heterocycles. The zero-order chi connectivity index (χ0) is 14.0. The van der Waals surface area contributed by atoms with Gasteiger partial charge in [-0.25, -0.2) is 4.98 Å². The van der Waals surface area contributed by atoms with Crippen LogP contribution in [0.5, 0.6) is 0 Å². The van der Waals surface area contributed by atoms with Crippen LogP contribution in [0, 0.1) is 6.92 Å². The highest BCUT2D eigenvalue weighted by Crippen LogP contribution is 2.35. The Labute approximate surface area is 119 Å². The van der Waals surface area contributed by atoms with Crippen LogP contribution in [0.4, 0.5) is 0 Å². The highest BCUT2D eigenvalue weighted by Gasteiger charge is 2.23. The third-order valence-electron chi connectivity index (χ3n) is 3.14. The molecule has 0 atom stereocenters. The molecule has 0 fully saturated rings. The summed E-state index contributed by atoms with van der Waals surface area (Å²) < 4.78 is 0. The number of nitrogens with two attached hydrogens (primary N) is 1. The molecule has 1 aromatic heterocycles. The maximum Gasteiger partial charge on any atom is 0.124 e. The second-order valence-corrected chi connectivity index (χ2v) is 6.58. The summed E-state index contributed by atoms with van der Waals surface area (Å²) in [6.07, 6.45) is 2.10. The summed E-state index contributed by atoms with van der Waals surface area (Å²) in [5, 5.41) is 1.09. The Bertz CT molecular complexity index is 564. The molecular formula is C16H22N2S. The van der Waals surface area contributed by atoms with Crippen LogP contribution in [0.25, 0.3) is 10.6 Å². The molecule has 0 spiro atoms. The molecule has 19 heavy (non-hydrogen) atoms. The molecule has 2 aromatic rings. The van der Waals surface area contributed by atoms with Crippen LogP contribution in [-0.2, 0) is 12.0 Å². The lowest BCUT2D eigenvalue weighted by atomic mass is 10.0. The first kappa shape index (κ1) is 14.2.